The first-order valence-electron chi connectivity index (χ1n) is 9.70. The van der Waals surface area contributed by atoms with Crippen LogP contribution in [-0.4, -0.2) is 4.92 Å². The summed E-state index contributed by atoms with van der Waals surface area (Å²) in [5.41, 5.74) is 5.24. The van der Waals surface area contributed by atoms with Crippen molar-refractivity contribution in [2.75, 3.05) is 0 Å². The lowest BCUT2D eigenvalue weighted by Gasteiger charge is -2.17. The minimum absolute atomic E-state index is 0.0545. The van der Waals surface area contributed by atoms with E-state index in [-0.39, 0.29) is 5.69 Å². The molecule has 0 amide bonds. The molecule has 0 saturated carbocycles. The van der Waals surface area contributed by atoms with Crippen LogP contribution >= 0.6 is 0 Å². The topological polar surface area (TPSA) is 67.9 Å². The number of hydrogen-bond donors (Lipinski definition) is 0. The summed E-state index contributed by atoms with van der Waals surface area (Å²) >= 11 is 0. The molecule has 0 aliphatic heterocycles. The third-order valence-corrected chi connectivity index (χ3v) is 5.04. The van der Waals surface area contributed by atoms with Crippen LogP contribution in [-0.2, 0) is 6.42 Å². The molecule has 0 saturated heterocycles. The Morgan fingerprint density at radius 1 is 1.04 bits per heavy atom. The van der Waals surface area contributed by atoms with Crippen LogP contribution in [0.2, 0.25) is 0 Å². The molecule has 5 heteroatoms. The standard InChI is InChI=1S/C22H29N3O2/c1-5-7-8-18(6-2)15-19-13-17(4)22(14-16(19)3)24-23-20-9-11-21(12-10-20)25(26)27/h9-14,18H,5-8,15H2,1-4H3. The zero-order valence-corrected chi connectivity index (χ0v) is 16.7. The van der Waals surface area contributed by atoms with Gasteiger partial charge in [-0.2, -0.15) is 10.2 Å². The SMILES string of the molecule is CCCCC(CC)Cc1cc(C)c(N=Nc2ccc([N+](=O)[O-])cc2)cc1C. The third-order valence-electron chi connectivity index (χ3n) is 5.04. The van der Waals surface area contributed by atoms with E-state index in [1.54, 1.807) is 12.1 Å². The van der Waals surface area contributed by atoms with Crippen LogP contribution < -0.4 is 0 Å². The Morgan fingerprint density at radius 3 is 2.33 bits per heavy atom. The van der Waals surface area contributed by atoms with E-state index in [1.165, 1.54) is 48.9 Å². The van der Waals surface area contributed by atoms with Crippen molar-refractivity contribution >= 4 is 17.1 Å². The van der Waals surface area contributed by atoms with Crippen LogP contribution in [0.25, 0.3) is 0 Å². The number of nitrogens with zero attached hydrogens (tertiary/aromatic N) is 3. The van der Waals surface area contributed by atoms with E-state index < -0.39 is 4.92 Å². The molecule has 0 bridgehead atoms. The van der Waals surface area contributed by atoms with Crippen molar-refractivity contribution in [2.24, 2.45) is 16.1 Å². The Kier molecular flexibility index (Phi) is 7.65. The zero-order chi connectivity index (χ0) is 19.8. The van der Waals surface area contributed by atoms with Gasteiger partial charge in [0.15, 0.2) is 0 Å². The van der Waals surface area contributed by atoms with E-state index in [2.05, 4.69) is 50.1 Å². The average Bonchev–Trinajstić information content (AvgIpc) is 2.66. The summed E-state index contributed by atoms with van der Waals surface area (Å²) in [6, 6.07) is 10.4. The molecule has 0 spiro atoms. The van der Waals surface area contributed by atoms with Gasteiger partial charge in [0.05, 0.1) is 16.3 Å². The van der Waals surface area contributed by atoms with Crippen molar-refractivity contribution in [2.45, 2.75) is 59.8 Å². The number of non-ortho nitro benzene ring substituents is 1. The second-order valence-electron chi connectivity index (χ2n) is 7.16. The quantitative estimate of drug-likeness (QED) is 0.263. The molecule has 0 aromatic heterocycles. The van der Waals surface area contributed by atoms with E-state index in [0.717, 1.165) is 23.6 Å². The Morgan fingerprint density at radius 2 is 1.74 bits per heavy atom. The number of rotatable bonds is 9. The van der Waals surface area contributed by atoms with E-state index in [1.807, 2.05) is 0 Å². The number of benzene rings is 2. The fourth-order valence-corrected chi connectivity index (χ4v) is 3.20. The summed E-state index contributed by atoms with van der Waals surface area (Å²) in [7, 11) is 0. The molecular formula is C22H29N3O2. The van der Waals surface area contributed by atoms with Crippen molar-refractivity contribution in [1.29, 1.82) is 0 Å². The van der Waals surface area contributed by atoms with Crippen molar-refractivity contribution < 1.29 is 4.92 Å². The minimum Gasteiger partial charge on any atom is -0.258 e. The molecule has 144 valence electrons. The summed E-state index contributed by atoms with van der Waals surface area (Å²) < 4.78 is 0. The molecule has 1 unspecified atom stereocenters. The number of nitro groups is 1. The molecule has 2 aromatic rings. The van der Waals surface area contributed by atoms with E-state index in [0.29, 0.717) is 5.69 Å². The van der Waals surface area contributed by atoms with Gasteiger partial charge in [-0.1, -0.05) is 45.6 Å². The van der Waals surface area contributed by atoms with Gasteiger partial charge in [-0.15, -0.1) is 0 Å². The molecule has 0 fully saturated rings. The molecule has 0 N–H and O–H groups in total. The van der Waals surface area contributed by atoms with Gasteiger partial charge in [0.1, 0.15) is 0 Å². The Balaban J connectivity index is 2.14. The molecule has 1 atom stereocenters. The molecule has 2 rings (SSSR count). The van der Waals surface area contributed by atoms with Gasteiger partial charge in [-0.3, -0.25) is 10.1 Å². The highest BCUT2D eigenvalue weighted by Gasteiger charge is 2.11. The van der Waals surface area contributed by atoms with Gasteiger partial charge >= 0.3 is 0 Å². The highest BCUT2D eigenvalue weighted by atomic mass is 16.6. The second-order valence-corrected chi connectivity index (χ2v) is 7.16. The van der Waals surface area contributed by atoms with Gasteiger partial charge < -0.3 is 0 Å². The van der Waals surface area contributed by atoms with Crippen molar-refractivity contribution in [3.8, 4) is 0 Å². The molecule has 0 radical (unpaired) electrons. The van der Waals surface area contributed by atoms with Crippen LogP contribution in [0.5, 0.6) is 0 Å². The lowest BCUT2D eigenvalue weighted by atomic mass is 9.89. The van der Waals surface area contributed by atoms with Crippen molar-refractivity contribution in [3.63, 3.8) is 0 Å². The molecule has 0 heterocycles. The van der Waals surface area contributed by atoms with Gasteiger partial charge in [0.2, 0.25) is 0 Å². The third kappa shape index (κ3) is 5.98. The number of azo groups is 1. The van der Waals surface area contributed by atoms with Crippen LogP contribution in [0.1, 0.15) is 56.2 Å². The highest BCUT2D eigenvalue weighted by Crippen LogP contribution is 2.29. The maximum absolute atomic E-state index is 10.7. The van der Waals surface area contributed by atoms with E-state index in [9.17, 15) is 10.1 Å². The maximum Gasteiger partial charge on any atom is 0.269 e. The Hall–Kier alpha value is -2.56. The first kappa shape index (κ1) is 20.7. The van der Waals surface area contributed by atoms with Gasteiger partial charge in [0, 0.05) is 12.1 Å². The van der Waals surface area contributed by atoms with Gasteiger partial charge in [-0.25, -0.2) is 0 Å². The summed E-state index contributed by atoms with van der Waals surface area (Å²) in [5.74, 6) is 0.732. The smallest absolute Gasteiger partial charge is 0.258 e. The molecule has 5 nitrogen and oxygen atoms in total. The average molecular weight is 367 g/mol. The number of aryl methyl sites for hydroxylation is 2. The zero-order valence-electron chi connectivity index (χ0n) is 16.7. The van der Waals surface area contributed by atoms with E-state index >= 15 is 0 Å². The molecule has 0 aliphatic carbocycles. The number of nitro benzene ring substituents is 1. The fraction of sp³-hybridized carbons (Fsp3) is 0.455. The highest BCUT2D eigenvalue weighted by molar-refractivity contribution is 5.51. The first-order chi connectivity index (χ1) is 12.9. The normalized spacial score (nSPS) is 12.4. The largest absolute Gasteiger partial charge is 0.269 e. The predicted molar refractivity (Wildman–Crippen MR) is 110 cm³/mol. The monoisotopic (exact) mass is 367 g/mol. The maximum atomic E-state index is 10.7. The lowest BCUT2D eigenvalue weighted by Crippen LogP contribution is -2.05. The molecule has 0 aliphatic rings. The number of unbranched alkanes of at least 4 members (excludes halogenated alkanes) is 1. The molecule has 2 aromatic carbocycles. The van der Waals surface area contributed by atoms with E-state index in [4.69, 9.17) is 0 Å². The van der Waals surface area contributed by atoms with Crippen LogP contribution in [0.4, 0.5) is 17.1 Å². The first-order valence-corrected chi connectivity index (χ1v) is 9.70. The Bertz CT molecular complexity index is 798. The molecular weight excluding hydrogens is 338 g/mol. The second kappa shape index (κ2) is 9.95. The fourth-order valence-electron chi connectivity index (χ4n) is 3.20. The van der Waals surface area contributed by atoms with Gasteiger partial charge in [0.25, 0.3) is 5.69 Å². The van der Waals surface area contributed by atoms with Gasteiger partial charge in [-0.05, 0) is 61.1 Å². The van der Waals surface area contributed by atoms with Crippen LogP contribution in [0, 0.1) is 29.9 Å². The van der Waals surface area contributed by atoms with Crippen molar-refractivity contribution in [1.82, 2.24) is 0 Å². The Labute approximate surface area is 161 Å². The predicted octanol–water partition coefficient (Wildman–Crippen LogP) is 7.39. The molecule has 27 heavy (non-hydrogen) atoms. The van der Waals surface area contributed by atoms with Crippen LogP contribution in [0.3, 0.4) is 0 Å². The van der Waals surface area contributed by atoms with Crippen LogP contribution in [0.15, 0.2) is 46.6 Å². The lowest BCUT2D eigenvalue weighted by molar-refractivity contribution is -0.384. The summed E-state index contributed by atoms with van der Waals surface area (Å²) in [6.07, 6.45) is 6.14. The summed E-state index contributed by atoms with van der Waals surface area (Å²) in [5, 5.41) is 19.3. The minimum atomic E-state index is -0.419. The van der Waals surface area contributed by atoms with Crippen molar-refractivity contribution in [3.05, 3.63) is 63.2 Å². The summed E-state index contributed by atoms with van der Waals surface area (Å²) in [4.78, 5) is 10.3. The number of hydrogen-bond acceptors (Lipinski definition) is 4. The summed E-state index contributed by atoms with van der Waals surface area (Å²) in [6.45, 7) is 8.70.